The maximum absolute atomic E-state index is 11.6. The molecule has 2 N–H and O–H groups in total. The Hall–Kier alpha value is -1.85. The van der Waals surface area contributed by atoms with E-state index in [1.165, 1.54) is 0 Å². The van der Waals surface area contributed by atoms with Crippen molar-refractivity contribution >= 4 is 11.9 Å². The largest absolute Gasteiger partial charge is 0.385 e. The van der Waals surface area contributed by atoms with Crippen LogP contribution in [0.4, 0.5) is 4.79 Å². The van der Waals surface area contributed by atoms with Gasteiger partial charge in [0.15, 0.2) is 0 Å². The molecule has 0 aliphatic carbocycles. The second-order valence-electron chi connectivity index (χ2n) is 4.07. The number of nitrogens with zero attached hydrogens (tertiary/aromatic N) is 4. The number of likely N-dealkylation sites (N-methyl/N-ethyl adjacent to an activating group) is 1. The molecule has 0 spiro atoms. The van der Waals surface area contributed by atoms with Crippen LogP contribution in [0.5, 0.6) is 0 Å². The Kier molecular flexibility index (Phi) is 2.87. The highest BCUT2D eigenvalue weighted by Gasteiger charge is 2.35. The maximum Gasteiger partial charge on any atom is 0.346 e. The number of carbonyl (C=O) groups excluding carboxylic acids is 1. The van der Waals surface area contributed by atoms with Gasteiger partial charge in [0.1, 0.15) is 11.9 Å². The average Bonchev–Trinajstić information content (AvgIpc) is 2.78. The van der Waals surface area contributed by atoms with Gasteiger partial charge in [-0.2, -0.15) is 10.1 Å². The minimum Gasteiger partial charge on any atom is -0.385 e. The summed E-state index contributed by atoms with van der Waals surface area (Å²) in [7, 11) is 1.86. The zero-order valence-electron chi connectivity index (χ0n) is 10.3. The Morgan fingerprint density at radius 1 is 1.47 bits per heavy atom. The fourth-order valence-electron chi connectivity index (χ4n) is 2.21. The van der Waals surface area contributed by atoms with Crippen molar-refractivity contribution in [2.24, 2.45) is 17.8 Å². The Morgan fingerprint density at radius 3 is 2.76 bits per heavy atom. The number of hydrogen-bond donors (Lipinski definition) is 1. The van der Waals surface area contributed by atoms with Crippen molar-refractivity contribution in [1.82, 2.24) is 14.7 Å². The van der Waals surface area contributed by atoms with E-state index in [0.717, 1.165) is 17.7 Å². The number of urea groups is 1. The number of aromatic nitrogens is 2. The van der Waals surface area contributed by atoms with Crippen LogP contribution >= 0.6 is 0 Å². The molecule has 0 bridgehead atoms. The van der Waals surface area contributed by atoms with E-state index in [1.807, 2.05) is 27.1 Å². The first-order valence-electron chi connectivity index (χ1n) is 5.75. The van der Waals surface area contributed by atoms with Gasteiger partial charge in [-0.3, -0.25) is 4.68 Å². The fraction of sp³-hybridized carbons (Fsp3) is 0.545. The molecule has 1 aliphatic heterocycles. The minimum absolute atomic E-state index is 0.254. The number of amides is 2. The minimum atomic E-state index is -0.263. The van der Waals surface area contributed by atoms with Gasteiger partial charge in [0.05, 0.1) is 5.69 Å². The molecule has 1 aromatic rings. The van der Waals surface area contributed by atoms with E-state index < -0.39 is 0 Å². The zero-order valence-corrected chi connectivity index (χ0v) is 10.3. The van der Waals surface area contributed by atoms with Gasteiger partial charge in [0, 0.05) is 25.4 Å². The van der Waals surface area contributed by atoms with Crippen LogP contribution in [0, 0.1) is 0 Å². The van der Waals surface area contributed by atoms with Crippen molar-refractivity contribution in [3.8, 4) is 0 Å². The highest BCUT2D eigenvalue weighted by Crippen LogP contribution is 2.28. The second-order valence-corrected chi connectivity index (χ2v) is 4.07. The molecule has 0 saturated carbocycles. The van der Waals surface area contributed by atoms with Gasteiger partial charge in [-0.1, -0.05) is 6.92 Å². The monoisotopic (exact) mass is 235 g/mol. The summed E-state index contributed by atoms with van der Waals surface area (Å²) in [6.45, 7) is 4.54. The Labute approximate surface area is 100 Å². The van der Waals surface area contributed by atoms with E-state index in [1.54, 1.807) is 9.58 Å². The highest BCUT2D eigenvalue weighted by molar-refractivity contribution is 6.03. The summed E-state index contributed by atoms with van der Waals surface area (Å²) in [6.07, 6.45) is 2.72. The lowest BCUT2D eigenvalue weighted by molar-refractivity contribution is 0.209. The molecule has 1 aliphatic rings. The molecule has 6 heteroatoms. The number of rotatable bonds is 3. The Balaban J connectivity index is 2.44. The molecule has 2 amide bonds. The molecule has 17 heavy (non-hydrogen) atoms. The lowest BCUT2D eigenvalue weighted by Gasteiger charge is -2.22. The lowest BCUT2D eigenvalue weighted by atomic mass is 10.0. The van der Waals surface area contributed by atoms with E-state index in [-0.39, 0.29) is 12.1 Å². The van der Waals surface area contributed by atoms with Crippen LogP contribution in [0.25, 0.3) is 0 Å². The third-order valence-electron chi connectivity index (χ3n) is 2.97. The van der Waals surface area contributed by atoms with Gasteiger partial charge in [-0.05, 0) is 13.3 Å². The van der Waals surface area contributed by atoms with Gasteiger partial charge >= 0.3 is 6.03 Å². The molecule has 1 aromatic heterocycles. The standard InChI is InChI=1S/C11H17N5O/c1-4-8-7(6-15(3)14-8)9-10(12)13-11(17)16(9)5-2/h6,9H,4-5H2,1-3H3,(H2,12,13,17). The molecule has 2 rings (SSSR count). The molecule has 0 radical (unpaired) electrons. The van der Waals surface area contributed by atoms with Crippen LogP contribution in [-0.4, -0.2) is 33.1 Å². The third-order valence-corrected chi connectivity index (χ3v) is 2.97. The van der Waals surface area contributed by atoms with E-state index >= 15 is 0 Å². The van der Waals surface area contributed by atoms with E-state index in [4.69, 9.17) is 5.73 Å². The molecule has 0 aromatic carbocycles. The first kappa shape index (κ1) is 11.6. The van der Waals surface area contributed by atoms with E-state index in [2.05, 4.69) is 10.1 Å². The summed E-state index contributed by atoms with van der Waals surface area (Å²) in [5.41, 5.74) is 7.79. The second kappa shape index (κ2) is 4.20. The van der Waals surface area contributed by atoms with Gasteiger partial charge in [0.25, 0.3) is 0 Å². The molecule has 6 nitrogen and oxygen atoms in total. The van der Waals surface area contributed by atoms with Crippen LogP contribution in [0.2, 0.25) is 0 Å². The fourth-order valence-corrected chi connectivity index (χ4v) is 2.21. The predicted molar refractivity (Wildman–Crippen MR) is 64.7 cm³/mol. The normalized spacial score (nSPS) is 19.9. The van der Waals surface area contributed by atoms with Crippen molar-refractivity contribution in [2.45, 2.75) is 26.3 Å². The maximum atomic E-state index is 11.6. The number of amidine groups is 1. The van der Waals surface area contributed by atoms with Crippen LogP contribution in [0.3, 0.4) is 0 Å². The van der Waals surface area contributed by atoms with Crippen LogP contribution in [0.15, 0.2) is 11.2 Å². The summed E-state index contributed by atoms with van der Waals surface area (Å²) in [5.74, 6) is 0.361. The lowest BCUT2D eigenvalue weighted by Crippen LogP contribution is -2.33. The Morgan fingerprint density at radius 2 is 2.18 bits per heavy atom. The third kappa shape index (κ3) is 1.79. The topological polar surface area (TPSA) is 76.5 Å². The first-order chi connectivity index (χ1) is 8.08. The van der Waals surface area contributed by atoms with Crippen LogP contribution < -0.4 is 5.73 Å². The molecular formula is C11H17N5O. The summed E-state index contributed by atoms with van der Waals surface area (Å²) in [5, 5.41) is 4.37. The van der Waals surface area contributed by atoms with Gasteiger partial charge in [-0.15, -0.1) is 0 Å². The first-order valence-corrected chi connectivity index (χ1v) is 5.75. The molecule has 1 atom stereocenters. The Bertz CT molecular complexity index is 476. The van der Waals surface area contributed by atoms with Crippen molar-refractivity contribution in [3.05, 3.63) is 17.5 Å². The molecule has 0 saturated heterocycles. The zero-order chi connectivity index (χ0) is 12.6. The highest BCUT2D eigenvalue weighted by atomic mass is 16.2. The smallest absolute Gasteiger partial charge is 0.346 e. The van der Waals surface area contributed by atoms with Crippen LogP contribution in [0.1, 0.15) is 31.1 Å². The summed E-state index contributed by atoms with van der Waals surface area (Å²) >= 11 is 0. The number of aryl methyl sites for hydroxylation is 2. The molecule has 92 valence electrons. The van der Waals surface area contributed by atoms with Crippen molar-refractivity contribution in [2.75, 3.05) is 6.54 Å². The summed E-state index contributed by atoms with van der Waals surface area (Å²) < 4.78 is 1.75. The average molecular weight is 235 g/mol. The number of aliphatic imine (C=N–C) groups is 1. The quantitative estimate of drug-likeness (QED) is 0.843. The van der Waals surface area contributed by atoms with E-state index in [9.17, 15) is 4.79 Å². The van der Waals surface area contributed by atoms with Crippen molar-refractivity contribution < 1.29 is 4.79 Å². The van der Waals surface area contributed by atoms with Gasteiger partial charge < -0.3 is 10.6 Å². The molecular weight excluding hydrogens is 218 g/mol. The van der Waals surface area contributed by atoms with Gasteiger partial charge in [0.2, 0.25) is 0 Å². The van der Waals surface area contributed by atoms with Crippen molar-refractivity contribution in [1.29, 1.82) is 0 Å². The van der Waals surface area contributed by atoms with Crippen LogP contribution in [-0.2, 0) is 13.5 Å². The van der Waals surface area contributed by atoms with Crippen molar-refractivity contribution in [3.63, 3.8) is 0 Å². The van der Waals surface area contributed by atoms with Gasteiger partial charge in [-0.25, -0.2) is 4.79 Å². The molecule has 1 unspecified atom stereocenters. The summed E-state index contributed by atoms with van der Waals surface area (Å²) in [4.78, 5) is 17.1. The number of nitrogens with two attached hydrogens (primary N) is 1. The van der Waals surface area contributed by atoms with E-state index in [0.29, 0.717) is 12.4 Å². The number of carbonyl (C=O) groups is 1. The summed E-state index contributed by atoms with van der Waals surface area (Å²) in [6, 6.07) is -0.517. The molecule has 2 heterocycles. The predicted octanol–water partition coefficient (Wildman–Crippen LogP) is 0.836. The SMILES string of the molecule is CCc1nn(C)cc1C1C(N)=NC(=O)N1CC. The molecule has 0 fully saturated rings. The number of hydrogen-bond acceptors (Lipinski definition) is 3.